The van der Waals surface area contributed by atoms with Crippen molar-refractivity contribution >= 4 is 17.5 Å². The van der Waals surface area contributed by atoms with Crippen LogP contribution in [0.2, 0.25) is 0 Å². The smallest absolute Gasteiger partial charge is 0.282 e. The van der Waals surface area contributed by atoms with E-state index in [2.05, 4.69) is 10.3 Å². The number of pyridine rings is 1. The van der Waals surface area contributed by atoms with Gasteiger partial charge in [0.2, 0.25) is 5.91 Å². The summed E-state index contributed by atoms with van der Waals surface area (Å²) in [5.74, 6) is -0.339. The average molecular weight is 351 g/mol. The Kier molecular flexibility index (Phi) is 4.00. The largest absolute Gasteiger partial charge is 0.356 e. The molecular formula is C20H21N3O3. The minimum atomic E-state index is -0.489. The highest BCUT2D eigenvalue weighted by molar-refractivity contribution is 6.04. The van der Waals surface area contributed by atoms with Gasteiger partial charge in [-0.2, -0.15) is 5.06 Å². The highest BCUT2D eigenvalue weighted by Crippen LogP contribution is 2.41. The van der Waals surface area contributed by atoms with Gasteiger partial charge in [0, 0.05) is 17.8 Å². The minimum Gasteiger partial charge on any atom is -0.356 e. The molecule has 0 saturated carbocycles. The third-order valence-electron chi connectivity index (χ3n) is 5.56. The van der Waals surface area contributed by atoms with Gasteiger partial charge in [0.25, 0.3) is 5.91 Å². The fourth-order valence-corrected chi connectivity index (χ4v) is 3.94. The predicted octanol–water partition coefficient (Wildman–Crippen LogP) is 2.42. The number of nitrogens with zero attached hydrogens (tertiary/aromatic N) is 2. The summed E-state index contributed by atoms with van der Waals surface area (Å²) in [5.41, 5.74) is 3.49. The van der Waals surface area contributed by atoms with Gasteiger partial charge in [-0.15, -0.1) is 0 Å². The first-order valence-corrected chi connectivity index (χ1v) is 8.85. The van der Waals surface area contributed by atoms with Crippen LogP contribution in [0.4, 0.5) is 5.69 Å². The van der Waals surface area contributed by atoms with Gasteiger partial charge in [0.1, 0.15) is 0 Å². The Balaban J connectivity index is 1.57. The first-order valence-electron chi connectivity index (χ1n) is 8.85. The van der Waals surface area contributed by atoms with Gasteiger partial charge in [-0.25, -0.2) is 0 Å². The number of carbonyl (C=O) groups excluding carboxylic acids is 2. The summed E-state index contributed by atoms with van der Waals surface area (Å²) in [6.07, 6.45) is 4.62. The zero-order chi connectivity index (χ0) is 18.3. The highest BCUT2D eigenvalue weighted by Gasteiger charge is 2.44. The van der Waals surface area contributed by atoms with Crippen LogP contribution in [0.3, 0.4) is 0 Å². The number of anilines is 1. The van der Waals surface area contributed by atoms with Crippen molar-refractivity contribution in [3.63, 3.8) is 0 Å². The molecule has 1 fully saturated rings. The number of aryl methyl sites for hydroxylation is 2. The Bertz CT molecular complexity index is 878. The number of carbonyl (C=O) groups is 2. The van der Waals surface area contributed by atoms with Crippen LogP contribution in [0.15, 0.2) is 36.5 Å². The average Bonchev–Trinajstić information content (AvgIpc) is 3.00. The molecule has 1 saturated heterocycles. The van der Waals surface area contributed by atoms with Gasteiger partial charge in [-0.05, 0) is 68.0 Å². The fourth-order valence-electron chi connectivity index (χ4n) is 3.94. The summed E-state index contributed by atoms with van der Waals surface area (Å²) in [6, 6.07) is 8.86. The molecule has 2 aliphatic rings. The molecule has 4 rings (SSSR count). The Labute approximate surface area is 151 Å². The number of hydroxylamine groups is 1. The summed E-state index contributed by atoms with van der Waals surface area (Å²) in [7, 11) is 0. The number of amides is 2. The molecule has 0 unspecified atom stereocenters. The van der Waals surface area contributed by atoms with Crippen LogP contribution in [-0.4, -0.2) is 28.6 Å². The summed E-state index contributed by atoms with van der Waals surface area (Å²) in [4.78, 5) is 28.9. The number of nitrogens with one attached hydrogen (secondary N) is 1. The van der Waals surface area contributed by atoms with Crippen molar-refractivity contribution in [2.45, 2.75) is 32.6 Å². The summed E-state index contributed by atoms with van der Waals surface area (Å²) in [6.45, 7) is 2.59. The van der Waals surface area contributed by atoms with E-state index in [1.165, 1.54) is 6.20 Å². The first-order chi connectivity index (χ1) is 12.5. The first kappa shape index (κ1) is 16.7. The van der Waals surface area contributed by atoms with E-state index in [0.717, 1.165) is 42.6 Å². The third kappa shape index (κ3) is 2.76. The molecule has 134 valence electrons. The Morgan fingerprint density at radius 1 is 1.23 bits per heavy atom. The molecule has 1 aromatic heterocycles. The van der Waals surface area contributed by atoms with Gasteiger partial charge in [-0.1, -0.05) is 6.07 Å². The van der Waals surface area contributed by atoms with Gasteiger partial charge in [-0.3, -0.25) is 19.8 Å². The quantitative estimate of drug-likeness (QED) is 0.643. The molecule has 1 atom stereocenters. The van der Waals surface area contributed by atoms with Crippen LogP contribution in [0.5, 0.6) is 0 Å². The van der Waals surface area contributed by atoms with E-state index in [1.54, 1.807) is 18.2 Å². The van der Waals surface area contributed by atoms with Crippen LogP contribution in [0.1, 0.15) is 40.0 Å². The van der Waals surface area contributed by atoms with E-state index in [-0.39, 0.29) is 11.3 Å². The molecule has 26 heavy (non-hydrogen) atoms. The maximum atomic E-state index is 12.6. The van der Waals surface area contributed by atoms with E-state index in [4.69, 9.17) is 0 Å². The van der Waals surface area contributed by atoms with Crippen molar-refractivity contribution in [2.75, 3.05) is 11.6 Å². The van der Waals surface area contributed by atoms with Crippen LogP contribution >= 0.6 is 0 Å². The lowest BCUT2D eigenvalue weighted by Crippen LogP contribution is -2.36. The van der Waals surface area contributed by atoms with Crippen LogP contribution in [0, 0.1) is 12.3 Å². The number of aromatic nitrogens is 1. The van der Waals surface area contributed by atoms with Gasteiger partial charge in [0.05, 0.1) is 17.3 Å². The van der Waals surface area contributed by atoms with E-state index in [0.29, 0.717) is 22.7 Å². The molecule has 0 bridgehead atoms. The van der Waals surface area contributed by atoms with E-state index >= 15 is 0 Å². The topological polar surface area (TPSA) is 82.5 Å². The third-order valence-corrected chi connectivity index (χ3v) is 5.56. The van der Waals surface area contributed by atoms with Crippen LogP contribution in [-0.2, 0) is 17.6 Å². The van der Waals surface area contributed by atoms with Gasteiger partial charge in [0.15, 0.2) is 0 Å². The zero-order valence-corrected chi connectivity index (χ0v) is 14.7. The number of hydrogen-bond donors (Lipinski definition) is 2. The fraction of sp³-hybridized carbons (Fsp3) is 0.350. The standard InChI is InChI=1S/C20H21N3O3/c1-13-2-5-17(12-22-13)23(26)18(24)15-3-4-16-11-20(7-6-14(16)10-15)8-9-21-19(20)25/h2-5,10,12,26H,6-9,11H2,1H3,(H,21,25)/t20-/m0/s1. The second-order valence-corrected chi connectivity index (χ2v) is 7.22. The SMILES string of the molecule is Cc1ccc(N(O)C(=O)c2ccc3c(c2)CC[C@]2(CCNC2=O)C3)cn1. The zero-order valence-electron chi connectivity index (χ0n) is 14.7. The lowest BCUT2D eigenvalue weighted by molar-refractivity contribution is -0.128. The van der Waals surface area contributed by atoms with Crippen LogP contribution < -0.4 is 10.4 Å². The summed E-state index contributed by atoms with van der Waals surface area (Å²) >= 11 is 0. The maximum Gasteiger partial charge on any atom is 0.282 e. The number of rotatable bonds is 2. The molecule has 6 nitrogen and oxygen atoms in total. The molecule has 6 heteroatoms. The Morgan fingerprint density at radius 3 is 2.77 bits per heavy atom. The molecular weight excluding hydrogens is 330 g/mol. The van der Waals surface area contributed by atoms with Crippen molar-refractivity contribution in [3.8, 4) is 0 Å². The second kappa shape index (κ2) is 6.21. The molecule has 2 aromatic rings. The Morgan fingerprint density at radius 2 is 2.08 bits per heavy atom. The molecule has 2 N–H and O–H groups in total. The van der Waals surface area contributed by atoms with Gasteiger partial charge < -0.3 is 5.32 Å². The molecule has 1 aliphatic heterocycles. The molecule has 2 amide bonds. The van der Waals surface area contributed by atoms with Crippen molar-refractivity contribution in [3.05, 3.63) is 58.9 Å². The molecule has 1 aromatic carbocycles. The predicted molar refractivity (Wildman–Crippen MR) is 96.1 cm³/mol. The molecule has 1 aliphatic carbocycles. The number of benzene rings is 1. The van der Waals surface area contributed by atoms with Crippen molar-refractivity contribution in [1.82, 2.24) is 10.3 Å². The highest BCUT2D eigenvalue weighted by atomic mass is 16.5. The van der Waals surface area contributed by atoms with E-state index < -0.39 is 5.91 Å². The molecule has 0 radical (unpaired) electrons. The van der Waals surface area contributed by atoms with Crippen LogP contribution in [0.25, 0.3) is 0 Å². The minimum absolute atomic E-state index is 0.150. The van der Waals surface area contributed by atoms with E-state index in [9.17, 15) is 14.8 Å². The lowest BCUT2D eigenvalue weighted by Gasteiger charge is -2.32. The monoisotopic (exact) mass is 351 g/mol. The normalized spacial score (nSPS) is 21.4. The number of hydrogen-bond acceptors (Lipinski definition) is 4. The van der Waals surface area contributed by atoms with Crippen molar-refractivity contribution < 1.29 is 14.8 Å². The van der Waals surface area contributed by atoms with Crippen molar-refractivity contribution in [1.29, 1.82) is 0 Å². The Hall–Kier alpha value is -2.73. The number of fused-ring (bicyclic) bond motifs is 1. The summed E-state index contributed by atoms with van der Waals surface area (Å²) < 4.78 is 0. The van der Waals surface area contributed by atoms with Crippen molar-refractivity contribution in [2.24, 2.45) is 5.41 Å². The van der Waals surface area contributed by atoms with E-state index in [1.807, 2.05) is 19.1 Å². The molecule has 2 heterocycles. The maximum absolute atomic E-state index is 12.6. The lowest BCUT2D eigenvalue weighted by atomic mass is 9.70. The summed E-state index contributed by atoms with van der Waals surface area (Å²) in [5, 5.41) is 13.8. The molecule has 1 spiro atoms. The van der Waals surface area contributed by atoms with Gasteiger partial charge >= 0.3 is 0 Å². The second-order valence-electron chi connectivity index (χ2n) is 7.22.